The van der Waals surface area contributed by atoms with Crippen molar-refractivity contribution in [3.05, 3.63) is 46.9 Å². The summed E-state index contributed by atoms with van der Waals surface area (Å²) in [5.74, 6) is 2.01. The highest BCUT2D eigenvalue weighted by Crippen LogP contribution is 2.41. The number of hydrogen-bond acceptors (Lipinski definition) is 4. The smallest absolute Gasteiger partial charge is 0.146 e. The van der Waals surface area contributed by atoms with Gasteiger partial charge >= 0.3 is 0 Å². The molecule has 114 valence electrons. The maximum absolute atomic E-state index is 6.35. The molecule has 1 heterocycles. The summed E-state index contributed by atoms with van der Waals surface area (Å²) in [4.78, 5) is 0. The van der Waals surface area contributed by atoms with Crippen molar-refractivity contribution in [2.24, 2.45) is 0 Å². The normalized spacial score (nSPS) is 12.2. The van der Waals surface area contributed by atoms with Crippen molar-refractivity contribution >= 4 is 11.6 Å². The summed E-state index contributed by atoms with van der Waals surface area (Å²) in [5, 5.41) is 3.92. The SMILES string of the molecule is CCCNC(c1ccco1)c1ccc(OC)c(Cl)c1OC. The molecule has 0 bridgehead atoms. The van der Waals surface area contributed by atoms with Crippen molar-refractivity contribution in [2.75, 3.05) is 20.8 Å². The zero-order valence-corrected chi connectivity index (χ0v) is 13.2. The predicted molar refractivity (Wildman–Crippen MR) is 83.4 cm³/mol. The van der Waals surface area contributed by atoms with Gasteiger partial charge in [0.15, 0.2) is 0 Å². The number of halogens is 1. The van der Waals surface area contributed by atoms with E-state index in [4.69, 9.17) is 25.5 Å². The quantitative estimate of drug-likeness (QED) is 0.838. The summed E-state index contributed by atoms with van der Waals surface area (Å²) < 4.78 is 16.3. The number of nitrogens with one attached hydrogen (secondary N) is 1. The fraction of sp³-hybridized carbons (Fsp3) is 0.375. The van der Waals surface area contributed by atoms with E-state index < -0.39 is 0 Å². The van der Waals surface area contributed by atoms with Gasteiger partial charge in [-0.05, 0) is 37.2 Å². The van der Waals surface area contributed by atoms with E-state index in [2.05, 4.69) is 12.2 Å². The average molecular weight is 310 g/mol. The summed E-state index contributed by atoms with van der Waals surface area (Å²) >= 11 is 6.35. The Morgan fingerprint density at radius 1 is 1.24 bits per heavy atom. The molecule has 2 aromatic rings. The number of furan rings is 1. The molecule has 1 atom stereocenters. The van der Waals surface area contributed by atoms with Crippen molar-refractivity contribution < 1.29 is 13.9 Å². The van der Waals surface area contributed by atoms with Crippen LogP contribution < -0.4 is 14.8 Å². The Bertz CT molecular complexity index is 569. The first-order chi connectivity index (χ1) is 10.2. The van der Waals surface area contributed by atoms with E-state index in [0.29, 0.717) is 16.5 Å². The van der Waals surface area contributed by atoms with Gasteiger partial charge in [0.1, 0.15) is 22.3 Å². The molecule has 0 radical (unpaired) electrons. The van der Waals surface area contributed by atoms with Crippen LogP contribution in [0.25, 0.3) is 0 Å². The van der Waals surface area contributed by atoms with E-state index in [0.717, 1.165) is 24.3 Å². The molecule has 0 aliphatic carbocycles. The molecule has 0 aliphatic rings. The molecule has 0 spiro atoms. The first-order valence-electron chi connectivity index (χ1n) is 6.90. The van der Waals surface area contributed by atoms with E-state index in [-0.39, 0.29) is 6.04 Å². The van der Waals surface area contributed by atoms with E-state index >= 15 is 0 Å². The zero-order valence-electron chi connectivity index (χ0n) is 12.5. The van der Waals surface area contributed by atoms with Gasteiger partial charge in [-0.25, -0.2) is 0 Å². The maximum atomic E-state index is 6.35. The summed E-state index contributed by atoms with van der Waals surface area (Å²) in [6, 6.07) is 7.47. The Labute approximate surface area is 130 Å². The van der Waals surface area contributed by atoms with Crippen molar-refractivity contribution in [1.29, 1.82) is 0 Å². The van der Waals surface area contributed by atoms with Crippen molar-refractivity contribution in [1.82, 2.24) is 5.32 Å². The minimum Gasteiger partial charge on any atom is -0.495 e. The fourth-order valence-electron chi connectivity index (χ4n) is 2.25. The molecular weight excluding hydrogens is 290 g/mol. The number of rotatable bonds is 7. The van der Waals surface area contributed by atoms with Gasteiger partial charge in [-0.3, -0.25) is 0 Å². The summed E-state index contributed by atoms with van der Waals surface area (Å²) in [6.45, 7) is 2.97. The molecule has 0 saturated carbocycles. The second-order valence-corrected chi connectivity index (χ2v) is 4.98. The fourth-order valence-corrected chi connectivity index (χ4v) is 2.58. The van der Waals surface area contributed by atoms with E-state index in [1.165, 1.54) is 0 Å². The highest BCUT2D eigenvalue weighted by molar-refractivity contribution is 6.33. The molecule has 1 aromatic heterocycles. The van der Waals surface area contributed by atoms with Crippen LogP contribution >= 0.6 is 11.6 Å². The largest absolute Gasteiger partial charge is 0.495 e. The molecule has 21 heavy (non-hydrogen) atoms. The number of methoxy groups -OCH3 is 2. The van der Waals surface area contributed by atoms with Crippen LogP contribution in [0.5, 0.6) is 11.5 Å². The molecule has 0 aliphatic heterocycles. The second-order valence-electron chi connectivity index (χ2n) is 4.61. The topological polar surface area (TPSA) is 43.6 Å². The van der Waals surface area contributed by atoms with Crippen LogP contribution in [-0.2, 0) is 0 Å². The van der Waals surface area contributed by atoms with Crippen LogP contribution in [0.3, 0.4) is 0 Å². The third-order valence-electron chi connectivity index (χ3n) is 3.25. The van der Waals surface area contributed by atoms with E-state index in [9.17, 15) is 0 Å². The first kappa shape index (κ1) is 15.7. The van der Waals surface area contributed by atoms with Gasteiger partial charge in [-0.2, -0.15) is 0 Å². The van der Waals surface area contributed by atoms with Crippen LogP contribution in [0.1, 0.15) is 30.7 Å². The lowest BCUT2D eigenvalue weighted by Gasteiger charge is -2.21. The predicted octanol–water partition coefficient (Wildman–Crippen LogP) is 4.04. The van der Waals surface area contributed by atoms with Gasteiger partial charge in [0.25, 0.3) is 0 Å². The van der Waals surface area contributed by atoms with Crippen LogP contribution in [-0.4, -0.2) is 20.8 Å². The van der Waals surface area contributed by atoms with Crippen LogP contribution in [0, 0.1) is 0 Å². The van der Waals surface area contributed by atoms with Crippen LogP contribution in [0.4, 0.5) is 0 Å². The lowest BCUT2D eigenvalue weighted by Crippen LogP contribution is -2.23. The Kier molecular flexibility index (Phi) is 5.53. The standard InChI is InChI=1S/C16H20ClNO3/c1-4-9-18-15(13-6-5-10-21-13)11-7-8-12(19-2)14(17)16(11)20-3/h5-8,10,15,18H,4,9H2,1-3H3. The molecular formula is C16H20ClNO3. The third kappa shape index (κ3) is 3.34. The highest BCUT2D eigenvalue weighted by atomic mass is 35.5. The third-order valence-corrected chi connectivity index (χ3v) is 3.61. The van der Waals surface area contributed by atoms with Crippen molar-refractivity contribution in [2.45, 2.75) is 19.4 Å². The Morgan fingerprint density at radius 3 is 2.62 bits per heavy atom. The lowest BCUT2D eigenvalue weighted by molar-refractivity contribution is 0.381. The number of ether oxygens (including phenoxy) is 2. The summed E-state index contributed by atoms with van der Waals surface area (Å²) in [6.07, 6.45) is 2.68. The highest BCUT2D eigenvalue weighted by Gasteiger charge is 2.23. The number of benzene rings is 1. The molecule has 1 unspecified atom stereocenters. The lowest BCUT2D eigenvalue weighted by atomic mass is 10.0. The van der Waals surface area contributed by atoms with Gasteiger partial charge in [0, 0.05) is 5.56 Å². The molecule has 0 saturated heterocycles. The molecule has 0 amide bonds. The number of hydrogen-bond donors (Lipinski definition) is 1. The van der Waals surface area contributed by atoms with Crippen molar-refractivity contribution in [3.8, 4) is 11.5 Å². The van der Waals surface area contributed by atoms with Gasteiger partial charge in [0.05, 0.1) is 26.5 Å². The van der Waals surface area contributed by atoms with Crippen LogP contribution in [0.2, 0.25) is 5.02 Å². The van der Waals surface area contributed by atoms with Crippen LogP contribution in [0.15, 0.2) is 34.9 Å². The molecule has 4 nitrogen and oxygen atoms in total. The summed E-state index contributed by atoms with van der Waals surface area (Å²) in [7, 11) is 3.18. The molecule has 1 aromatic carbocycles. The first-order valence-corrected chi connectivity index (χ1v) is 7.27. The monoisotopic (exact) mass is 309 g/mol. The molecule has 0 fully saturated rings. The van der Waals surface area contributed by atoms with E-state index in [1.807, 2.05) is 24.3 Å². The minimum atomic E-state index is -0.113. The molecule has 5 heteroatoms. The Morgan fingerprint density at radius 2 is 2.05 bits per heavy atom. The van der Waals surface area contributed by atoms with E-state index in [1.54, 1.807) is 20.5 Å². The summed E-state index contributed by atoms with van der Waals surface area (Å²) in [5.41, 5.74) is 0.923. The van der Waals surface area contributed by atoms with Crippen molar-refractivity contribution in [3.63, 3.8) is 0 Å². The second kappa shape index (κ2) is 7.38. The Hall–Kier alpha value is -1.65. The maximum Gasteiger partial charge on any atom is 0.146 e. The minimum absolute atomic E-state index is 0.113. The van der Waals surface area contributed by atoms with Gasteiger partial charge in [-0.15, -0.1) is 0 Å². The van der Waals surface area contributed by atoms with Gasteiger partial charge < -0.3 is 19.2 Å². The van der Waals surface area contributed by atoms with Gasteiger partial charge in [0.2, 0.25) is 0 Å². The average Bonchev–Trinajstić information content (AvgIpc) is 3.02. The molecule has 2 rings (SSSR count). The Balaban J connectivity index is 2.46. The van der Waals surface area contributed by atoms with Gasteiger partial charge in [-0.1, -0.05) is 18.5 Å². The zero-order chi connectivity index (χ0) is 15.2. The molecule has 1 N–H and O–H groups in total.